The lowest BCUT2D eigenvalue weighted by Gasteiger charge is -2.00. The van der Waals surface area contributed by atoms with Gasteiger partial charge in [-0.05, 0) is 35.1 Å². The highest BCUT2D eigenvalue weighted by atomic mass is 16.2. The van der Waals surface area contributed by atoms with Gasteiger partial charge in [-0.1, -0.05) is 18.2 Å². The molecule has 0 heterocycles. The van der Waals surface area contributed by atoms with Gasteiger partial charge in [-0.2, -0.15) is 0 Å². The Hall–Kier alpha value is -1.70. The molecule has 0 unspecified atom stereocenters. The van der Waals surface area contributed by atoms with E-state index < -0.39 is 11.6 Å². The number of carbonyl (C=O) groups is 2. The van der Waals surface area contributed by atoms with Gasteiger partial charge >= 0.3 is 0 Å². The molecule has 13 heavy (non-hydrogen) atoms. The topological polar surface area (TPSA) is 34.1 Å². The predicted octanol–water partition coefficient (Wildman–Crippen LogP) is -0.292. The van der Waals surface area contributed by atoms with Crippen molar-refractivity contribution >= 4 is 23.7 Å². The molecule has 0 atom stereocenters. The minimum absolute atomic E-state index is 0.429. The van der Waals surface area contributed by atoms with Crippen molar-refractivity contribution in [2.45, 2.75) is 6.92 Å². The van der Waals surface area contributed by atoms with E-state index in [2.05, 4.69) is 0 Å². The molecule has 0 fully saturated rings. The van der Waals surface area contributed by atoms with Gasteiger partial charge in [0, 0.05) is 0 Å². The number of rotatable bonds is 0. The summed E-state index contributed by atoms with van der Waals surface area (Å²) in [6, 6.07) is 5.64. The number of hydrogen-bond donors (Lipinski definition) is 0. The van der Waals surface area contributed by atoms with Crippen LogP contribution < -0.4 is 10.4 Å². The quantitative estimate of drug-likeness (QED) is 0.504. The first-order valence-electron chi connectivity index (χ1n) is 4.06. The molecular formula is C11H8O2. The summed E-state index contributed by atoms with van der Waals surface area (Å²) in [5, 5.41) is 1.71. The Kier molecular flexibility index (Phi) is 1.62. The van der Waals surface area contributed by atoms with E-state index in [1.165, 1.54) is 12.2 Å². The molecule has 2 rings (SSSR count). The van der Waals surface area contributed by atoms with Crippen LogP contribution in [0.1, 0.15) is 5.56 Å². The van der Waals surface area contributed by atoms with Crippen molar-refractivity contribution in [1.29, 1.82) is 0 Å². The maximum Gasteiger partial charge on any atom is 0.226 e. The van der Waals surface area contributed by atoms with Crippen LogP contribution in [0.15, 0.2) is 18.2 Å². The zero-order valence-electron chi connectivity index (χ0n) is 7.20. The average Bonchev–Trinajstić information content (AvgIpc) is 2.09. The van der Waals surface area contributed by atoms with Crippen LogP contribution >= 0.6 is 0 Å². The van der Waals surface area contributed by atoms with Crippen molar-refractivity contribution in [3.63, 3.8) is 0 Å². The summed E-state index contributed by atoms with van der Waals surface area (Å²) in [5.74, 6) is -0.861. The first kappa shape index (κ1) is 7.92. The highest BCUT2D eigenvalue weighted by Crippen LogP contribution is 1.90. The molecule has 1 aliphatic carbocycles. The van der Waals surface area contributed by atoms with Gasteiger partial charge in [-0.3, -0.25) is 9.59 Å². The molecule has 0 N–H and O–H groups in total. The lowest BCUT2D eigenvalue weighted by molar-refractivity contribution is -0.129. The van der Waals surface area contributed by atoms with Crippen LogP contribution in [0, 0.1) is 6.92 Å². The third-order valence-corrected chi connectivity index (χ3v) is 2.16. The second kappa shape index (κ2) is 2.66. The molecule has 1 aliphatic rings. The molecule has 0 saturated carbocycles. The number of hydrogen-bond acceptors (Lipinski definition) is 2. The Morgan fingerprint density at radius 2 is 1.69 bits per heavy atom. The molecule has 0 aliphatic heterocycles. The SMILES string of the molecule is Cc1cccc2c1=CC(=O)C(=O)C=2. The molecule has 0 aromatic heterocycles. The van der Waals surface area contributed by atoms with Gasteiger partial charge in [0.05, 0.1) is 0 Å². The van der Waals surface area contributed by atoms with Gasteiger partial charge in [-0.25, -0.2) is 0 Å². The number of benzene rings is 1. The standard InChI is InChI=1S/C11H8O2/c1-7-3-2-4-8-5-10(12)11(13)6-9(7)8/h2-6H,1H3. The summed E-state index contributed by atoms with van der Waals surface area (Å²) in [5.41, 5.74) is 1.02. The highest BCUT2D eigenvalue weighted by molar-refractivity contribution is 6.57. The number of carbonyl (C=O) groups excluding carboxylic acids is 2. The van der Waals surface area contributed by atoms with E-state index >= 15 is 0 Å². The minimum Gasteiger partial charge on any atom is -0.286 e. The molecule has 0 saturated heterocycles. The van der Waals surface area contributed by atoms with Gasteiger partial charge in [0.15, 0.2) is 0 Å². The highest BCUT2D eigenvalue weighted by Gasteiger charge is 2.11. The van der Waals surface area contributed by atoms with Crippen LogP contribution in [0.4, 0.5) is 0 Å². The average molecular weight is 172 g/mol. The molecule has 1 aromatic carbocycles. The largest absolute Gasteiger partial charge is 0.286 e. The second-order valence-electron chi connectivity index (χ2n) is 3.09. The van der Waals surface area contributed by atoms with Gasteiger partial charge in [0.25, 0.3) is 0 Å². The zero-order valence-corrected chi connectivity index (χ0v) is 7.20. The Labute approximate surface area is 75.2 Å². The number of Topliss-reactive ketones (excluding diaryl/α,β-unsaturated/α-hetero) is 2. The van der Waals surface area contributed by atoms with E-state index in [1.807, 2.05) is 25.1 Å². The fraction of sp³-hybridized carbons (Fsp3) is 0.0909. The van der Waals surface area contributed by atoms with Gasteiger partial charge in [0.1, 0.15) is 0 Å². The Morgan fingerprint density at radius 3 is 2.46 bits per heavy atom. The number of fused-ring (bicyclic) bond motifs is 1. The number of ketones is 2. The summed E-state index contributed by atoms with van der Waals surface area (Å²) in [6.45, 7) is 1.92. The van der Waals surface area contributed by atoms with Crippen molar-refractivity contribution in [1.82, 2.24) is 0 Å². The van der Waals surface area contributed by atoms with Crippen molar-refractivity contribution in [3.05, 3.63) is 34.2 Å². The van der Waals surface area contributed by atoms with Crippen LogP contribution in [-0.2, 0) is 9.59 Å². The fourth-order valence-electron chi connectivity index (χ4n) is 1.44. The van der Waals surface area contributed by atoms with Crippen LogP contribution in [0.2, 0.25) is 0 Å². The summed E-state index contributed by atoms with van der Waals surface area (Å²) < 4.78 is 0. The molecule has 0 amide bonds. The van der Waals surface area contributed by atoms with Crippen molar-refractivity contribution in [3.8, 4) is 0 Å². The maximum atomic E-state index is 11.1. The van der Waals surface area contributed by atoms with E-state index in [0.717, 1.165) is 16.0 Å². The Balaban J connectivity index is 2.92. The smallest absolute Gasteiger partial charge is 0.226 e. The van der Waals surface area contributed by atoms with E-state index in [4.69, 9.17) is 0 Å². The molecule has 0 spiro atoms. The summed E-state index contributed by atoms with van der Waals surface area (Å²) >= 11 is 0. The third-order valence-electron chi connectivity index (χ3n) is 2.16. The van der Waals surface area contributed by atoms with E-state index in [9.17, 15) is 9.59 Å². The summed E-state index contributed by atoms with van der Waals surface area (Å²) in [4.78, 5) is 22.1. The predicted molar refractivity (Wildman–Crippen MR) is 49.4 cm³/mol. The van der Waals surface area contributed by atoms with Gasteiger partial charge < -0.3 is 0 Å². The van der Waals surface area contributed by atoms with Crippen molar-refractivity contribution < 1.29 is 9.59 Å². The van der Waals surface area contributed by atoms with Crippen LogP contribution in [0.25, 0.3) is 12.2 Å². The molecule has 2 heteroatoms. The van der Waals surface area contributed by atoms with E-state index in [0.29, 0.717) is 0 Å². The van der Waals surface area contributed by atoms with Crippen LogP contribution in [0.3, 0.4) is 0 Å². The first-order chi connectivity index (χ1) is 6.18. The zero-order chi connectivity index (χ0) is 9.42. The second-order valence-corrected chi connectivity index (χ2v) is 3.09. The van der Waals surface area contributed by atoms with Crippen molar-refractivity contribution in [2.24, 2.45) is 0 Å². The van der Waals surface area contributed by atoms with E-state index in [1.54, 1.807) is 0 Å². The van der Waals surface area contributed by atoms with Gasteiger partial charge in [-0.15, -0.1) is 0 Å². The third kappa shape index (κ3) is 1.20. The lowest BCUT2D eigenvalue weighted by atomic mass is 10.0. The lowest BCUT2D eigenvalue weighted by Crippen LogP contribution is -2.34. The monoisotopic (exact) mass is 172 g/mol. The van der Waals surface area contributed by atoms with Gasteiger partial charge in [0.2, 0.25) is 11.6 Å². The first-order valence-corrected chi connectivity index (χ1v) is 4.06. The van der Waals surface area contributed by atoms with Crippen LogP contribution in [-0.4, -0.2) is 11.6 Å². The van der Waals surface area contributed by atoms with E-state index in [-0.39, 0.29) is 0 Å². The molecule has 1 aromatic rings. The molecule has 0 bridgehead atoms. The summed E-state index contributed by atoms with van der Waals surface area (Å²) in [6.07, 6.45) is 2.80. The molecule has 2 nitrogen and oxygen atoms in total. The molecular weight excluding hydrogens is 164 g/mol. The summed E-state index contributed by atoms with van der Waals surface area (Å²) in [7, 11) is 0. The van der Waals surface area contributed by atoms with Crippen molar-refractivity contribution in [2.75, 3.05) is 0 Å². The molecule has 0 radical (unpaired) electrons. The minimum atomic E-state index is -0.432. The Morgan fingerprint density at radius 1 is 1.00 bits per heavy atom. The molecule has 64 valence electrons. The number of aryl methyl sites for hydroxylation is 1. The fourth-order valence-corrected chi connectivity index (χ4v) is 1.44. The maximum absolute atomic E-state index is 11.1. The van der Waals surface area contributed by atoms with Crippen LogP contribution in [0.5, 0.6) is 0 Å². The normalized spacial score (nSPS) is 14.5. The Bertz CT molecular complexity index is 509.